The highest BCUT2D eigenvalue weighted by molar-refractivity contribution is 6.04. The molecule has 0 radical (unpaired) electrons. The Morgan fingerprint density at radius 2 is 1.80 bits per heavy atom. The summed E-state index contributed by atoms with van der Waals surface area (Å²) in [4.78, 5) is 15.3. The SMILES string of the molecule is CCC(CC)(C(=O)c1ccccc1C1CCC1)N(C)C. The first-order chi connectivity index (χ1) is 9.56. The minimum Gasteiger partial charge on any atom is -0.297 e. The summed E-state index contributed by atoms with van der Waals surface area (Å²) >= 11 is 0. The van der Waals surface area contributed by atoms with Crippen molar-refractivity contribution >= 4 is 5.78 Å². The summed E-state index contributed by atoms with van der Waals surface area (Å²) in [6.07, 6.45) is 5.48. The normalized spacial score (nSPS) is 16.2. The maximum atomic E-state index is 13.2. The van der Waals surface area contributed by atoms with E-state index in [9.17, 15) is 4.79 Å². The number of ketones is 1. The molecule has 2 rings (SSSR count). The van der Waals surface area contributed by atoms with Gasteiger partial charge in [-0.15, -0.1) is 0 Å². The first-order valence-electron chi connectivity index (χ1n) is 7.88. The van der Waals surface area contributed by atoms with Gasteiger partial charge in [0.15, 0.2) is 5.78 Å². The average molecular weight is 273 g/mol. The van der Waals surface area contributed by atoms with E-state index in [1.54, 1.807) is 0 Å². The van der Waals surface area contributed by atoms with Crippen molar-refractivity contribution in [3.8, 4) is 0 Å². The number of carbonyl (C=O) groups excluding carboxylic acids is 1. The lowest BCUT2D eigenvalue weighted by atomic mass is 9.74. The lowest BCUT2D eigenvalue weighted by Gasteiger charge is -2.38. The standard InChI is InChI=1S/C18H27NO/c1-5-18(6-2,19(3)4)17(20)16-13-8-7-12-15(16)14-10-9-11-14/h7-8,12-14H,5-6,9-11H2,1-4H3. The van der Waals surface area contributed by atoms with Crippen LogP contribution in [0.2, 0.25) is 0 Å². The topological polar surface area (TPSA) is 20.3 Å². The molecule has 0 aromatic heterocycles. The lowest BCUT2D eigenvalue weighted by molar-refractivity contribution is 0.0654. The molecule has 0 N–H and O–H groups in total. The molecule has 1 aliphatic carbocycles. The van der Waals surface area contributed by atoms with Gasteiger partial charge >= 0.3 is 0 Å². The molecule has 0 heterocycles. The van der Waals surface area contributed by atoms with Crippen molar-refractivity contribution in [3.05, 3.63) is 35.4 Å². The predicted octanol–water partition coefficient (Wildman–Crippen LogP) is 4.26. The van der Waals surface area contributed by atoms with Crippen molar-refractivity contribution in [1.82, 2.24) is 4.90 Å². The average Bonchev–Trinajstić information content (AvgIpc) is 2.39. The number of hydrogen-bond acceptors (Lipinski definition) is 2. The molecule has 110 valence electrons. The van der Waals surface area contributed by atoms with Crippen LogP contribution in [0, 0.1) is 0 Å². The zero-order valence-corrected chi connectivity index (χ0v) is 13.3. The van der Waals surface area contributed by atoms with E-state index in [0.717, 1.165) is 18.4 Å². The zero-order chi connectivity index (χ0) is 14.8. The van der Waals surface area contributed by atoms with Gasteiger partial charge in [0.25, 0.3) is 0 Å². The van der Waals surface area contributed by atoms with Crippen molar-refractivity contribution in [3.63, 3.8) is 0 Å². The second kappa shape index (κ2) is 6.09. The molecule has 2 heteroatoms. The molecule has 0 aliphatic heterocycles. The Morgan fingerprint density at radius 3 is 2.25 bits per heavy atom. The summed E-state index contributed by atoms with van der Waals surface area (Å²) in [5.41, 5.74) is 1.87. The van der Waals surface area contributed by atoms with Gasteiger partial charge < -0.3 is 0 Å². The number of rotatable bonds is 6. The highest BCUT2D eigenvalue weighted by atomic mass is 16.1. The first kappa shape index (κ1) is 15.2. The third-order valence-electron chi connectivity index (χ3n) is 5.20. The van der Waals surface area contributed by atoms with Gasteiger partial charge in [-0.25, -0.2) is 0 Å². The van der Waals surface area contributed by atoms with Crippen molar-refractivity contribution in [2.75, 3.05) is 14.1 Å². The van der Waals surface area contributed by atoms with Gasteiger partial charge in [-0.05, 0) is 51.3 Å². The molecule has 0 saturated heterocycles. The van der Waals surface area contributed by atoms with Crippen LogP contribution < -0.4 is 0 Å². The minimum absolute atomic E-state index is 0.301. The molecule has 0 spiro atoms. The van der Waals surface area contributed by atoms with Crippen LogP contribution in [-0.4, -0.2) is 30.3 Å². The number of likely N-dealkylation sites (N-methyl/N-ethyl adjacent to an activating group) is 1. The van der Waals surface area contributed by atoms with E-state index >= 15 is 0 Å². The summed E-state index contributed by atoms with van der Waals surface area (Å²) in [5, 5.41) is 0. The number of Topliss-reactive ketones (excluding diaryl/α,β-unsaturated/α-hetero) is 1. The Balaban J connectivity index is 2.41. The van der Waals surface area contributed by atoms with E-state index in [1.807, 2.05) is 26.2 Å². The molecule has 20 heavy (non-hydrogen) atoms. The molecule has 0 bridgehead atoms. The van der Waals surface area contributed by atoms with E-state index in [-0.39, 0.29) is 5.54 Å². The first-order valence-corrected chi connectivity index (χ1v) is 7.88. The summed E-state index contributed by atoms with van der Waals surface area (Å²) < 4.78 is 0. The van der Waals surface area contributed by atoms with Crippen molar-refractivity contribution in [1.29, 1.82) is 0 Å². The molecule has 1 aliphatic rings. The lowest BCUT2D eigenvalue weighted by Crippen LogP contribution is -2.50. The summed E-state index contributed by atoms with van der Waals surface area (Å²) in [6, 6.07) is 8.25. The van der Waals surface area contributed by atoms with Crippen molar-refractivity contribution in [2.45, 2.75) is 57.4 Å². The van der Waals surface area contributed by atoms with E-state index in [0.29, 0.717) is 11.7 Å². The van der Waals surface area contributed by atoms with Gasteiger partial charge in [-0.3, -0.25) is 9.69 Å². The van der Waals surface area contributed by atoms with Crippen LogP contribution in [0.5, 0.6) is 0 Å². The third-order valence-corrected chi connectivity index (χ3v) is 5.20. The number of carbonyl (C=O) groups is 1. The number of hydrogen-bond donors (Lipinski definition) is 0. The Labute approximate surface area is 123 Å². The van der Waals surface area contributed by atoms with Crippen LogP contribution in [0.4, 0.5) is 0 Å². The van der Waals surface area contributed by atoms with Crippen LogP contribution in [-0.2, 0) is 0 Å². The summed E-state index contributed by atoms with van der Waals surface area (Å²) in [6.45, 7) is 4.24. The van der Waals surface area contributed by atoms with Gasteiger partial charge in [-0.2, -0.15) is 0 Å². The van der Waals surface area contributed by atoms with E-state index in [4.69, 9.17) is 0 Å². The summed E-state index contributed by atoms with van der Waals surface area (Å²) in [5.74, 6) is 0.902. The van der Waals surface area contributed by atoms with Gasteiger partial charge in [0, 0.05) is 5.56 Å². The smallest absolute Gasteiger partial charge is 0.183 e. The minimum atomic E-state index is -0.361. The Bertz CT molecular complexity index is 470. The molecular weight excluding hydrogens is 246 g/mol. The maximum absolute atomic E-state index is 13.2. The summed E-state index contributed by atoms with van der Waals surface area (Å²) in [7, 11) is 4.05. The van der Waals surface area contributed by atoms with Crippen molar-refractivity contribution in [2.24, 2.45) is 0 Å². The molecule has 1 aromatic carbocycles. The molecular formula is C18H27NO. The van der Waals surface area contributed by atoms with E-state index < -0.39 is 0 Å². The molecule has 0 atom stereocenters. The van der Waals surface area contributed by atoms with Gasteiger partial charge in [0.1, 0.15) is 0 Å². The second-order valence-electron chi connectivity index (χ2n) is 6.18. The van der Waals surface area contributed by atoms with Crippen LogP contribution >= 0.6 is 0 Å². The third kappa shape index (κ3) is 2.42. The quantitative estimate of drug-likeness (QED) is 0.722. The Kier molecular flexibility index (Phi) is 4.64. The fraction of sp³-hybridized carbons (Fsp3) is 0.611. The molecule has 2 nitrogen and oxygen atoms in total. The maximum Gasteiger partial charge on any atom is 0.183 e. The van der Waals surface area contributed by atoms with Gasteiger partial charge in [0.05, 0.1) is 5.54 Å². The molecule has 0 amide bonds. The fourth-order valence-corrected chi connectivity index (χ4v) is 3.44. The number of benzene rings is 1. The van der Waals surface area contributed by atoms with Gasteiger partial charge in [0.2, 0.25) is 0 Å². The van der Waals surface area contributed by atoms with Gasteiger partial charge in [-0.1, -0.05) is 44.5 Å². The van der Waals surface area contributed by atoms with Crippen LogP contribution in [0.1, 0.15) is 67.8 Å². The Morgan fingerprint density at radius 1 is 1.20 bits per heavy atom. The molecule has 1 aromatic rings. The Hall–Kier alpha value is -1.15. The molecule has 0 unspecified atom stereocenters. The van der Waals surface area contributed by atoms with Crippen LogP contribution in [0.3, 0.4) is 0 Å². The van der Waals surface area contributed by atoms with E-state index in [1.165, 1.54) is 24.8 Å². The predicted molar refractivity (Wildman–Crippen MR) is 84.4 cm³/mol. The second-order valence-corrected chi connectivity index (χ2v) is 6.18. The molecule has 1 fully saturated rings. The monoisotopic (exact) mass is 273 g/mol. The highest BCUT2D eigenvalue weighted by Gasteiger charge is 2.39. The zero-order valence-electron chi connectivity index (χ0n) is 13.3. The fourth-order valence-electron chi connectivity index (χ4n) is 3.44. The highest BCUT2D eigenvalue weighted by Crippen LogP contribution is 2.39. The van der Waals surface area contributed by atoms with E-state index in [2.05, 4.69) is 30.9 Å². The largest absolute Gasteiger partial charge is 0.297 e. The van der Waals surface area contributed by atoms with Crippen molar-refractivity contribution < 1.29 is 4.79 Å². The van der Waals surface area contributed by atoms with Crippen LogP contribution in [0.15, 0.2) is 24.3 Å². The number of nitrogens with zero attached hydrogens (tertiary/aromatic N) is 1. The van der Waals surface area contributed by atoms with Crippen LogP contribution in [0.25, 0.3) is 0 Å². The molecule has 1 saturated carbocycles.